The summed E-state index contributed by atoms with van der Waals surface area (Å²) in [6, 6.07) is 7.06. The molecule has 1 aromatic rings. The van der Waals surface area contributed by atoms with Crippen LogP contribution in [0.2, 0.25) is 0 Å². The number of halogens is 1. The fourth-order valence-corrected chi connectivity index (χ4v) is 3.51. The molecule has 2 aliphatic heterocycles. The number of rotatable bonds is 3. The number of piperidine rings is 1. The minimum atomic E-state index is -0.410. The zero-order valence-electron chi connectivity index (χ0n) is 11.2. The van der Waals surface area contributed by atoms with Crippen LogP contribution in [0.1, 0.15) is 41.6 Å². The molecule has 3 nitrogen and oxygen atoms in total. The first kappa shape index (κ1) is 13.3. The highest BCUT2D eigenvalue weighted by molar-refractivity contribution is 5.99. The average molecular weight is 272 g/mol. The van der Waals surface area contributed by atoms with Crippen molar-refractivity contribution < 1.29 is 9.18 Å². The lowest BCUT2D eigenvalue weighted by Crippen LogP contribution is -2.40. The normalized spacial score (nSPS) is 28.1. The van der Waals surface area contributed by atoms with E-state index in [-0.39, 0.29) is 18.1 Å². The number of hydrogen-bond donors (Lipinski definition) is 1. The van der Waals surface area contributed by atoms with E-state index in [0.717, 1.165) is 25.7 Å². The summed E-state index contributed by atoms with van der Waals surface area (Å²) in [4.78, 5) is 12.7. The lowest BCUT2D eigenvalue weighted by atomic mass is 9.84. The van der Waals surface area contributed by atoms with E-state index < -0.39 is 5.82 Å². The second-order valence-electron chi connectivity index (χ2n) is 5.81. The first-order chi connectivity index (χ1) is 9.67. The van der Waals surface area contributed by atoms with E-state index in [1.807, 2.05) is 6.07 Å². The second-order valence-corrected chi connectivity index (χ2v) is 5.81. The molecule has 1 aromatic carbocycles. The van der Waals surface area contributed by atoms with Gasteiger partial charge in [0, 0.05) is 23.6 Å². The topological polar surface area (TPSA) is 52.9 Å². The third-order valence-electron chi connectivity index (χ3n) is 4.45. The number of ketones is 1. The number of hydrogen-bond acceptors (Lipinski definition) is 3. The number of Topliss-reactive ketones (excluding diaryl/α,β-unsaturated/α-hetero) is 1. The standard InChI is InChI=1S/C16H17FN2O/c17-12-2-1-10(5-6-18)15(9-12)16(20)11-7-13-3-4-14(8-11)19-13/h1-2,9,11,13-14,19H,3-5,7-8H2. The number of carbonyl (C=O) groups excluding carboxylic acids is 1. The highest BCUT2D eigenvalue weighted by Crippen LogP contribution is 2.33. The van der Waals surface area contributed by atoms with Gasteiger partial charge >= 0.3 is 0 Å². The average Bonchev–Trinajstić information content (AvgIpc) is 2.79. The molecule has 0 radical (unpaired) electrons. The molecule has 2 aliphatic rings. The second kappa shape index (κ2) is 5.34. The molecule has 20 heavy (non-hydrogen) atoms. The van der Waals surface area contributed by atoms with Gasteiger partial charge in [0.2, 0.25) is 0 Å². The summed E-state index contributed by atoms with van der Waals surface area (Å²) in [7, 11) is 0. The molecule has 2 unspecified atom stereocenters. The molecule has 2 heterocycles. The maximum absolute atomic E-state index is 13.4. The number of benzene rings is 1. The Hall–Kier alpha value is -1.73. The van der Waals surface area contributed by atoms with Crippen molar-refractivity contribution in [2.75, 3.05) is 0 Å². The van der Waals surface area contributed by atoms with E-state index in [0.29, 0.717) is 23.2 Å². The Kier molecular flexibility index (Phi) is 3.54. The van der Waals surface area contributed by atoms with Crippen LogP contribution in [-0.4, -0.2) is 17.9 Å². The minimum Gasteiger partial charge on any atom is -0.311 e. The SMILES string of the molecule is N#CCc1ccc(F)cc1C(=O)C1CC2CCC(C1)N2. The smallest absolute Gasteiger partial charge is 0.166 e. The Balaban J connectivity index is 1.86. The van der Waals surface area contributed by atoms with Crippen molar-refractivity contribution in [2.45, 2.75) is 44.2 Å². The first-order valence-corrected chi connectivity index (χ1v) is 7.13. The first-order valence-electron chi connectivity index (χ1n) is 7.13. The molecule has 4 heteroatoms. The summed E-state index contributed by atoms with van der Waals surface area (Å²) < 4.78 is 13.4. The molecule has 0 spiro atoms. The van der Waals surface area contributed by atoms with Crippen molar-refractivity contribution in [3.8, 4) is 6.07 Å². The van der Waals surface area contributed by atoms with E-state index in [1.165, 1.54) is 12.1 Å². The van der Waals surface area contributed by atoms with Crippen molar-refractivity contribution >= 4 is 5.78 Å². The fourth-order valence-electron chi connectivity index (χ4n) is 3.51. The molecule has 2 fully saturated rings. The van der Waals surface area contributed by atoms with Gasteiger partial charge in [0.1, 0.15) is 5.82 Å². The molecule has 0 aromatic heterocycles. The number of carbonyl (C=O) groups is 1. The van der Waals surface area contributed by atoms with E-state index in [2.05, 4.69) is 5.32 Å². The molecule has 0 aliphatic carbocycles. The zero-order valence-corrected chi connectivity index (χ0v) is 11.2. The third kappa shape index (κ3) is 2.46. The Bertz CT molecular complexity index is 566. The number of fused-ring (bicyclic) bond motifs is 2. The van der Waals surface area contributed by atoms with Crippen LogP contribution in [0.5, 0.6) is 0 Å². The van der Waals surface area contributed by atoms with Crippen LogP contribution in [0.15, 0.2) is 18.2 Å². The molecule has 2 saturated heterocycles. The summed E-state index contributed by atoms with van der Waals surface area (Å²) in [6.07, 6.45) is 4.07. The van der Waals surface area contributed by atoms with E-state index in [1.54, 1.807) is 6.07 Å². The van der Waals surface area contributed by atoms with Gasteiger partial charge in [0.15, 0.2) is 5.78 Å². The van der Waals surface area contributed by atoms with Gasteiger partial charge in [0.25, 0.3) is 0 Å². The molecule has 2 bridgehead atoms. The molecule has 0 amide bonds. The molecule has 104 valence electrons. The van der Waals surface area contributed by atoms with Crippen LogP contribution in [-0.2, 0) is 6.42 Å². The van der Waals surface area contributed by atoms with Crippen LogP contribution >= 0.6 is 0 Å². The van der Waals surface area contributed by atoms with Crippen LogP contribution < -0.4 is 5.32 Å². The predicted molar refractivity (Wildman–Crippen MR) is 72.7 cm³/mol. The van der Waals surface area contributed by atoms with Crippen LogP contribution in [0.3, 0.4) is 0 Å². The van der Waals surface area contributed by atoms with Crippen molar-refractivity contribution in [3.63, 3.8) is 0 Å². The molecule has 3 rings (SSSR count). The zero-order chi connectivity index (χ0) is 14.1. The quantitative estimate of drug-likeness (QED) is 0.860. The number of nitrogens with zero attached hydrogens (tertiary/aromatic N) is 1. The van der Waals surface area contributed by atoms with Gasteiger partial charge in [-0.3, -0.25) is 4.79 Å². The molecule has 0 saturated carbocycles. The molecular weight excluding hydrogens is 255 g/mol. The third-order valence-corrected chi connectivity index (χ3v) is 4.45. The Morgan fingerprint density at radius 1 is 1.35 bits per heavy atom. The van der Waals surface area contributed by atoms with Gasteiger partial charge in [-0.15, -0.1) is 0 Å². The fraction of sp³-hybridized carbons (Fsp3) is 0.500. The summed E-state index contributed by atoms with van der Waals surface area (Å²) in [5.74, 6) is -0.437. The van der Waals surface area contributed by atoms with Gasteiger partial charge in [-0.25, -0.2) is 4.39 Å². The summed E-state index contributed by atoms with van der Waals surface area (Å²) in [6.45, 7) is 0. The van der Waals surface area contributed by atoms with Crippen LogP contribution in [0.25, 0.3) is 0 Å². The van der Waals surface area contributed by atoms with Crippen molar-refractivity contribution in [3.05, 3.63) is 35.1 Å². The highest BCUT2D eigenvalue weighted by atomic mass is 19.1. The van der Waals surface area contributed by atoms with Gasteiger partial charge in [-0.1, -0.05) is 6.07 Å². The Morgan fingerprint density at radius 3 is 2.70 bits per heavy atom. The van der Waals surface area contributed by atoms with Crippen LogP contribution in [0.4, 0.5) is 4.39 Å². The molecule has 1 N–H and O–H groups in total. The van der Waals surface area contributed by atoms with Crippen molar-refractivity contribution in [1.82, 2.24) is 5.32 Å². The van der Waals surface area contributed by atoms with E-state index in [9.17, 15) is 9.18 Å². The van der Waals surface area contributed by atoms with Crippen molar-refractivity contribution in [1.29, 1.82) is 5.26 Å². The largest absolute Gasteiger partial charge is 0.311 e. The summed E-state index contributed by atoms with van der Waals surface area (Å²) in [5, 5.41) is 12.3. The lowest BCUT2D eigenvalue weighted by molar-refractivity contribution is 0.0874. The Morgan fingerprint density at radius 2 is 2.05 bits per heavy atom. The summed E-state index contributed by atoms with van der Waals surface area (Å²) >= 11 is 0. The highest BCUT2D eigenvalue weighted by Gasteiger charge is 2.37. The van der Waals surface area contributed by atoms with Crippen molar-refractivity contribution in [2.24, 2.45) is 5.92 Å². The van der Waals surface area contributed by atoms with Gasteiger partial charge in [-0.05, 0) is 43.4 Å². The predicted octanol–water partition coefficient (Wildman–Crippen LogP) is 2.61. The van der Waals surface area contributed by atoms with Gasteiger partial charge in [0.05, 0.1) is 12.5 Å². The van der Waals surface area contributed by atoms with E-state index in [4.69, 9.17) is 5.26 Å². The van der Waals surface area contributed by atoms with E-state index >= 15 is 0 Å². The maximum atomic E-state index is 13.4. The molecule has 2 atom stereocenters. The monoisotopic (exact) mass is 272 g/mol. The van der Waals surface area contributed by atoms with Gasteiger partial charge in [-0.2, -0.15) is 5.26 Å². The number of nitriles is 1. The Labute approximate surface area is 117 Å². The number of nitrogens with one attached hydrogen (secondary N) is 1. The minimum absolute atomic E-state index is 0.00755. The van der Waals surface area contributed by atoms with Crippen LogP contribution in [0, 0.1) is 23.1 Å². The maximum Gasteiger partial charge on any atom is 0.166 e. The summed E-state index contributed by atoms with van der Waals surface area (Å²) in [5.41, 5.74) is 1.04. The van der Waals surface area contributed by atoms with Gasteiger partial charge < -0.3 is 5.32 Å². The molecular formula is C16H17FN2O. The lowest BCUT2D eigenvalue weighted by Gasteiger charge is -2.28.